The van der Waals surface area contributed by atoms with Crippen LogP contribution in [0, 0.1) is 0 Å². The lowest BCUT2D eigenvalue weighted by atomic mass is 9.81. The van der Waals surface area contributed by atoms with Gasteiger partial charge in [0.15, 0.2) is 0 Å². The maximum Gasteiger partial charge on any atom is 0.266 e. The minimum atomic E-state index is -0.388. The number of nitrogens with zero attached hydrogens (tertiary/aromatic N) is 2. The molecule has 292 valence electrons. The van der Waals surface area contributed by atoms with E-state index in [1.165, 1.54) is 9.80 Å². The first-order valence-electron chi connectivity index (χ1n) is 19.5. The Hall–Kier alpha value is -3.96. The fourth-order valence-electron chi connectivity index (χ4n) is 9.41. The zero-order chi connectivity index (χ0) is 41.5. The molecule has 0 radical (unpaired) electrons. The second-order valence-electron chi connectivity index (χ2n) is 16.7. The minimum absolute atomic E-state index is 0.0610. The summed E-state index contributed by atoms with van der Waals surface area (Å²) in [4.78, 5) is 62.6. The summed E-state index contributed by atoms with van der Waals surface area (Å²) in [7, 11) is 0. The molecule has 0 spiro atoms. The smallest absolute Gasteiger partial charge is 0.266 e. The number of imide groups is 2. The lowest BCUT2D eigenvalue weighted by Gasteiger charge is -2.34. The Morgan fingerprint density at radius 2 is 0.586 bits per heavy atom. The summed E-state index contributed by atoms with van der Waals surface area (Å²) in [5, 5.41) is 5.66. The van der Waals surface area contributed by atoms with Crippen molar-refractivity contribution >= 4 is 142 Å². The molecule has 0 saturated heterocycles. The van der Waals surface area contributed by atoms with Gasteiger partial charge in [-0.3, -0.25) is 19.2 Å². The average Bonchev–Trinajstić information content (AvgIpc) is 3.16. The summed E-state index contributed by atoms with van der Waals surface area (Å²) in [5.41, 5.74) is 6.64. The van der Waals surface area contributed by atoms with Crippen LogP contribution in [0.3, 0.4) is 0 Å². The van der Waals surface area contributed by atoms with Gasteiger partial charge in [-0.2, -0.15) is 0 Å². The van der Waals surface area contributed by atoms with Gasteiger partial charge >= 0.3 is 0 Å². The first-order valence-corrected chi connectivity index (χ1v) is 22.7. The first kappa shape index (κ1) is 39.5. The van der Waals surface area contributed by atoms with Crippen LogP contribution in [-0.2, 0) is 0 Å². The molecule has 0 saturated carbocycles. The molecule has 0 aliphatic carbocycles. The third-order valence-corrected chi connectivity index (χ3v) is 14.5. The number of hydrogen-bond acceptors (Lipinski definition) is 4. The van der Waals surface area contributed by atoms with Crippen LogP contribution in [0.2, 0.25) is 0 Å². The molecule has 0 fully saturated rings. The van der Waals surface area contributed by atoms with Crippen LogP contribution in [0.15, 0.2) is 78.6 Å². The van der Waals surface area contributed by atoms with Gasteiger partial charge in [-0.1, -0.05) is 156 Å². The molecule has 2 aliphatic heterocycles. The Morgan fingerprint density at radius 1 is 0.362 bits per heavy atom. The van der Waals surface area contributed by atoms with Crippen molar-refractivity contribution in [2.45, 2.75) is 79.1 Å². The Balaban J connectivity index is 1.37. The standard InChI is InChI=1S/C48H38Br4N2O4/c1-19(2)23-11-9-12-24(20(3)4)43(23)53-45(55)27-15-31(49)37-39-33(51)17-29-36-30(48(58)54(47(29)57)44-25(21(5)6)13-10-14-26(44)22(7)8)18-34(52)40(42(36)39)38-32(50)16-28(46(53)56)35(27)41(37)38/h9-22H,1-8H3. The van der Waals surface area contributed by atoms with E-state index in [1.807, 2.05) is 60.7 Å². The number of anilines is 2. The van der Waals surface area contributed by atoms with Gasteiger partial charge in [0.05, 0.1) is 33.6 Å². The second-order valence-corrected chi connectivity index (χ2v) is 20.1. The van der Waals surface area contributed by atoms with Crippen molar-refractivity contribution in [3.8, 4) is 0 Å². The zero-order valence-electron chi connectivity index (χ0n) is 33.1. The molecule has 2 aliphatic rings. The number of hydrogen-bond donors (Lipinski definition) is 0. The van der Waals surface area contributed by atoms with E-state index in [0.29, 0.717) is 62.3 Å². The van der Waals surface area contributed by atoms with Gasteiger partial charge in [0.25, 0.3) is 23.6 Å². The van der Waals surface area contributed by atoms with Crippen molar-refractivity contribution in [2.24, 2.45) is 0 Å². The summed E-state index contributed by atoms with van der Waals surface area (Å²) in [6, 6.07) is 19.3. The fraction of sp³-hybridized carbons (Fsp3) is 0.250. The van der Waals surface area contributed by atoms with Gasteiger partial charge < -0.3 is 0 Å². The number of amides is 4. The van der Waals surface area contributed by atoms with Crippen molar-refractivity contribution in [3.05, 3.63) is 123 Å². The molecule has 10 heteroatoms. The summed E-state index contributed by atoms with van der Waals surface area (Å²) < 4.78 is 2.59. The average molecular weight is 1030 g/mol. The van der Waals surface area contributed by atoms with Gasteiger partial charge in [0.2, 0.25) is 0 Å². The lowest BCUT2D eigenvalue weighted by molar-refractivity contribution is 0.0877. The Labute approximate surface area is 370 Å². The van der Waals surface area contributed by atoms with Crippen molar-refractivity contribution in [1.29, 1.82) is 0 Å². The summed E-state index contributed by atoms with van der Waals surface area (Å²) in [5.74, 6) is -1.31. The molecule has 0 N–H and O–H groups in total. The predicted octanol–water partition coefficient (Wildman–Crippen LogP) is 14.9. The topological polar surface area (TPSA) is 74.8 Å². The predicted molar refractivity (Wildman–Crippen MR) is 250 cm³/mol. The molecule has 0 unspecified atom stereocenters. The summed E-state index contributed by atoms with van der Waals surface area (Å²) in [6.45, 7) is 16.6. The molecule has 7 aromatic rings. The molecule has 0 aromatic heterocycles. The van der Waals surface area contributed by atoms with Gasteiger partial charge in [0, 0.05) is 61.0 Å². The number of benzene rings is 7. The number of carbonyl (C=O) groups excluding carboxylic acids is 4. The Kier molecular flexibility index (Phi) is 9.39. The Bertz CT molecular complexity index is 2670. The molecule has 6 nitrogen and oxygen atoms in total. The monoisotopic (exact) mass is 1020 g/mol. The maximum absolute atomic E-state index is 15.0. The van der Waals surface area contributed by atoms with Crippen molar-refractivity contribution in [1.82, 2.24) is 0 Å². The summed E-state index contributed by atoms with van der Waals surface area (Å²) in [6.07, 6.45) is 0. The fourth-order valence-corrected chi connectivity index (χ4v) is 11.9. The minimum Gasteiger partial charge on any atom is -0.268 e. The highest BCUT2D eigenvalue weighted by atomic mass is 79.9. The molecule has 4 amide bonds. The van der Waals surface area contributed by atoms with E-state index >= 15 is 0 Å². The van der Waals surface area contributed by atoms with E-state index in [2.05, 4.69) is 119 Å². The second kappa shape index (κ2) is 13.8. The van der Waals surface area contributed by atoms with E-state index in [-0.39, 0.29) is 47.3 Å². The van der Waals surface area contributed by atoms with Gasteiger partial charge in [0.1, 0.15) is 0 Å². The van der Waals surface area contributed by atoms with Gasteiger partial charge in [-0.05, 0) is 70.2 Å². The highest BCUT2D eigenvalue weighted by molar-refractivity contribution is 9.11. The van der Waals surface area contributed by atoms with E-state index in [0.717, 1.165) is 54.6 Å². The van der Waals surface area contributed by atoms with Crippen LogP contribution in [0.5, 0.6) is 0 Å². The van der Waals surface area contributed by atoms with Crippen LogP contribution >= 0.6 is 63.7 Å². The van der Waals surface area contributed by atoms with Gasteiger partial charge in [-0.25, -0.2) is 9.80 Å². The molecule has 0 bridgehead atoms. The summed E-state index contributed by atoms with van der Waals surface area (Å²) >= 11 is 15.6. The van der Waals surface area contributed by atoms with E-state index in [1.54, 1.807) is 0 Å². The molecule has 2 heterocycles. The number of halogens is 4. The molecule has 58 heavy (non-hydrogen) atoms. The van der Waals surface area contributed by atoms with Crippen LogP contribution in [-0.4, -0.2) is 23.6 Å². The molecular weight excluding hydrogens is 988 g/mol. The number of para-hydroxylation sites is 2. The van der Waals surface area contributed by atoms with Gasteiger partial charge in [-0.15, -0.1) is 0 Å². The van der Waals surface area contributed by atoms with E-state index in [9.17, 15) is 19.2 Å². The quantitative estimate of drug-likeness (QED) is 0.0945. The first-order chi connectivity index (χ1) is 27.5. The maximum atomic E-state index is 15.0. The van der Waals surface area contributed by atoms with Crippen LogP contribution in [0.1, 0.15) is 143 Å². The SMILES string of the molecule is CC(C)c1cccc(C(C)C)c1N1C(=O)c2cc(Br)c3c4c(Br)cc5c6c(cc(Br)c(c7c(Br)cc(c2c37)C1=O)c64)C(=O)N(c1c(C(C)C)cccc1C(C)C)C5=O. The highest BCUT2D eigenvalue weighted by Crippen LogP contribution is 2.55. The zero-order valence-corrected chi connectivity index (χ0v) is 39.5. The van der Waals surface area contributed by atoms with Crippen LogP contribution in [0.25, 0.3) is 43.1 Å². The molecular formula is C48H38Br4N2O4. The van der Waals surface area contributed by atoms with E-state index < -0.39 is 0 Å². The number of carbonyl (C=O) groups is 4. The van der Waals surface area contributed by atoms with Crippen LogP contribution in [0.4, 0.5) is 11.4 Å². The molecule has 7 aromatic carbocycles. The molecule has 9 rings (SSSR count). The highest BCUT2D eigenvalue weighted by Gasteiger charge is 2.42. The largest absolute Gasteiger partial charge is 0.268 e. The lowest BCUT2D eigenvalue weighted by Crippen LogP contribution is -2.42. The van der Waals surface area contributed by atoms with Crippen molar-refractivity contribution in [2.75, 3.05) is 9.80 Å². The Morgan fingerprint density at radius 3 is 0.793 bits per heavy atom. The van der Waals surface area contributed by atoms with Crippen molar-refractivity contribution in [3.63, 3.8) is 0 Å². The normalized spacial score (nSPS) is 14.6. The molecule has 0 atom stereocenters. The van der Waals surface area contributed by atoms with E-state index in [4.69, 9.17) is 0 Å². The third kappa shape index (κ3) is 5.29. The van der Waals surface area contributed by atoms with Crippen LogP contribution < -0.4 is 9.80 Å². The van der Waals surface area contributed by atoms with Crippen molar-refractivity contribution < 1.29 is 19.2 Å². The number of rotatable bonds is 6. The number of fused-ring (bicyclic) bond motifs is 2. The third-order valence-electron chi connectivity index (χ3n) is 12.0.